The molecule has 0 aliphatic heterocycles. The molecular formula is C39H77NO4. The van der Waals surface area contributed by atoms with Crippen LogP contribution in [0, 0.1) is 5.92 Å². The summed E-state index contributed by atoms with van der Waals surface area (Å²) in [7, 11) is 0. The van der Waals surface area contributed by atoms with Crippen molar-refractivity contribution in [3.63, 3.8) is 0 Å². The number of unbranched alkanes of at least 4 members (excludes halogenated alkanes) is 18. The third kappa shape index (κ3) is 33.8. The molecule has 0 heterocycles. The fourth-order valence-corrected chi connectivity index (χ4v) is 5.97. The highest BCUT2D eigenvalue weighted by Gasteiger charge is 2.10. The van der Waals surface area contributed by atoms with Crippen LogP contribution in [0.3, 0.4) is 0 Å². The Morgan fingerprint density at radius 1 is 0.432 bits per heavy atom. The number of hydrogen-bond acceptors (Lipinski definition) is 5. The lowest BCUT2D eigenvalue weighted by Gasteiger charge is -2.16. The van der Waals surface area contributed by atoms with E-state index in [0.29, 0.717) is 26.1 Å². The number of ether oxygens (including phenoxy) is 2. The Morgan fingerprint density at radius 2 is 0.795 bits per heavy atom. The average molecular weight is 624 g/mol. The standard InChI is InChI=1S/C39H77NO4/c1-4-7-10-11-12-13-14-18-26-35-43-38(41)32-23-19-25-34-40-33-24-17-15-16-22-31-39(42)44-36-27-30-37(28-20-8-5-2)29-21-9-6-3/h37,40H,4-36H2,1-3H3. The van der Waals surface area contributed by atoms with Crippen LogP contribution in [0.5, 0.6) is 0 Å². The minimum atomic E-state index is -0.0229. The van der Waals surface area contributed by atoms with Gasteiger partial charge in [-0.2, -0.15) is 0 Å². The van der Waals surface area contributed by atoms with E-state index in [0.717, 1.165) is 64.0 Å². The highest BCUT2D eigenvalue weighted by molar-refractivity contribution is 5.69. The summed E-state index contributed by atoms with van der Waals surface area (Å²) in [6.07, 6.45) is 34.4. The molecule has 0 aliphatic rings. The summed E-state index contributed by atoms with van der Waals surface area (Å²) < 4.78 is 10.9. The van der Waals surface area contributed by atoms with Gasteiger partial charge < -0.3 is 14.8 Å². The van der Waals surface area contributed by atoms with Crippen LogP contribution in [0.15, 0.2) is 0 Å². The normalized spacial score (nSPS) is 11.4. The van der Waals surface area contributed by atoms with Crippen molar-refractivity contribution in [3.8, 4) is 0 Å². The fourth-order valence-electron chi connectivity index (χ4n) is 5.97. The Morgan fingerprint density at radius 3 is 1.32 bits per heavy atom. The van der Waals surface area contributed by atoms with Gasteiger partial charge in [0.1, 0.15) is 0 Å². The van der Waals surface area contributed by atoms with Gasteiger partial charge in [0.15, 0.2) is 0 Å². The van der Waals surface area contributed by atoms with Crippen molar-refractivity contribution < 1.29 is 19.1 Å². The molecule has 5 nitrogen and oxygen atoms in total. The zero-order chi connectivity index (χ0) is 32.2. The van der Waals surface area contributed by atoms with E-state index >= 15 is 0 Å². The molecule has 0 bridgehead atoms. The second-order valence-corrected chi connectivity index (χ2v) is 13.3. The maximum absolute atomic E-state index is 12.1. The van der Waals surface area contributed by atoms with Crippen molar-refractivity contribution in [1.29, 1.82) is 0 Å². The van der Waals surface area contributed by atoms with E-state index in [-0.39, 0.29) is 11.9 Å². The molecule has 0 unspecified atom stereocenters. The van der Waals surface area contributed by atoms with Crippen LogP contribution in [-0.4, -0.2) is 38.2 Å². The summed E-state index contributed by atoms with van der Waals surface area (Å²) in [5.74, 6) is 0.786. The monoisotopic (exact) mass is 624 g/mol. The van der Waals surface area contributed by atoms with Crippen LogP contribution in [-0.2, 0) is 19.1 Å². The van der Waals surface area contributed by atoms with Crippen LogP contribution >= 0.6 is 0 Å². The van der Waals surface area contributed by atoms with Crippen molar-refractivity contribution in [1.82, 2.24) is 5.32 Å². The minimum absolute atomic E-state index is 0.00718. The largest absolute Gasteiger partial charge is 0.466 e. The summed E-state index contributed by atoms with van der Waals surface area (Å²) in [5, 5.41) is 3.53. The Kier molecular flexibility index (Phi) is 35.5. The first kappa shape index (κ1) is 42.9. The zero-order valence-corrected chi connectivity index (χ0v) is 30.0. The van der Waals surface area contributed by atoms with Crippen LogP contribution in [0.2, 0.25) is 0 Å². The first-order valence-corrected chi connectivity index (χ1v) is 19.7. The maximum Gasteiger partial charge on any atom is 0.305 e. The van der Waals surface area contributed by atoms with E-state index in [2.05, 4.69) is 26.1 Å². The van der Waals surface area contributed by atoms with E-state index in [9.17, 15) is 9.59 Å². The van der Waals surface area contributed by atoms with Gasteiger partial charge in [-0.25, -0.2) is 0 Å². The molecule has 262 valence electrons. The molecule has 0 spiro atoms. The van der Waals surface area contributed by atoms with Crippen LogP contribution in [0.25, 0.3) is 0 Å². The first-order valence-electron chi connectivity index (χ1n) is 19.7. The number of rotatable bonds is 36. The molecule has 0 aliphatic carbocycles. The molecule has 0 saturated heterocycles. The summed E-state index contributed by atoms with van der Waals surface area (Å²) in [6, 6.07) is 0. The van der Waals surface area contributed by atoms with Crippen molar-refractivity contribution in [2.24, 2.45) is 5.92 Å². The number of hydrogen-bond donors (Lipinski definition) is 1. The molecule has 0 atom stereocenters. The third-order valence-electron chi connectivity index (χ3n) is 8.93. The number of carbonyl (C=O) groups excluding carboxylic acids is 2. The summed E-state index contributed by atoms with van der Waals surface area (Å²) in [4.78, 5) is 24.0. The summed E-state index contributed by atoms with van der Waals surface area (Å²) in [6.45, 7) is 10.1. The Hall–Kier alpha value is -1.10. The molecule has 0 rings (SSSR count). The van der Waals surface area contributed by atoms with Crippen molar-refractivity contribution >= 4 is 11.9 Å². The molecule has 0 fully saturated rings. The van der Waals surface area contributed by atoms with Gasteiger partial charge in [-0.05, 0) is 64.0 Å². The Balaban J connectivity index is 3.42. The minimum Gasteiger partial charge on any atom is -0.466 e. The van der Waals surface area contributed by atoms with E-state index in [1.165, 1.54) is 128 Å². The lowest BCUT2D eigenvalue weighted by Crippen LogP contribution is -2.16. The average Bonchev–Trinajstić information content (AvgIpc) is 3.02. The lowest BCUT2D eigenvalue weighted by molar-refractivity contribution is -0.144. The number of nitrogens with one attached hydrogen (secondary N) is 1. The number of carbonyl (C=O) groups is 2. The highest BCUT2D eigenvalue weighted by atomic mass is 16.5. The van der Waals surface area contributed by atoms with E-state index < -0.39 is 0 Å². The van der Waals surface area contributed by atoms with Crippen molar-refractivity contribution in [2.45, 2.75) is 207 Å². The lowest BCUT2D eigenvalue weighted by atomic mass is 9.91. The van der Waals surface area contributed by atoms with Crippen LogP contribution in [0.1, 0.15) is 207 Å². The predicted octanol–water partition coefficient (Wildman–Crippen LogP) is 11.7. The third-order valence-corrected chi connectivity index (χ3v) is 8.93. The molecule has 0 aromatic heterocycles. The molecule has 0 aromatic carbocycles. The van der Waals surface area contributed by atoms with Gasteiger partial charge in [-0.3, -0.25) is 9.59 Å². The first-order chi connectivity index (χ1) is 21.6. The SMILES string of the molecule is CCCCCCCCCCCOC(=O)CCCCCNCCCCCCCC(=O)OCCCC(CCCCC)CCCCC. The predicted molar refractivity (Wildman–Crippen MR) is 189 cm³/mol. The van der Waals surface area contributed by atoms with E-state index in [1.807, 2.05) is 0 Å². The van der Waals surface area contributed by atoms with Crippen LogP contribution < -0.4 is 5.32 Å². The van der Waals surface area contributed by atoms with E-state index in [1.54, 1.807) is 0 Å². The van der Waals surface area contributed by atoms with Gasteiger partial charge in [0.05, 0.1) is 13.2 Å². The van der Waals surface area contributed by atoms with Crippen molar-refractivity contribution in [3.05, 3.63) is 0 Å². The molecule has 0 saturated carbocycles. The van der Waals surface area contributed by atoms with E-state index in [4.69, 9.17) is 9.47 Å². The summed E-state index contributed by atoms with van der Waals surface area (Å²) >= 11 is 0. The highest BCUT2D eigenvalue weighted by Crippen LogP contribution is 2.22. The Bertz CT molecular complexity index is 587. The summed E-state index contributed by atoms with van der Waals surface area (Å²) in [5.41, 5.74) is 0. The molecule has 0 amide bonds. The van der Waals surface area contributed by atoms with Gasteiger partial charge in [0.25, 0.3) is 0 Å². The molecule has 44 heavy (non-hydrogen) atoms. The van der Waals surface area contributed by atoms with Gasteiger partial charge in [-0.15, -0.1) is 0 Å². The van der Waals surface area contributed by atoms with Crippen molar-refractivity contribution in [2.75, 3.05) is 26.3 Å². The van der Waals surface area contributed by atoms with Gasteiger partial charge in [0.2, 0.25) is 0 Å². The molecule has 0 aromatic rings. The molecule has 5 heteroatoms. The van der Waals surface area contributed by atoms with Gasteiger partial charge in [-0.1, -0.05) is 149 Å². The smallest absolute Gasteiger partial charge is 0.305 e. The van der Waals surface area contributed by atoms with Gasteiger partial charge >= 0.3 is 11.9 Å². The topological polar surface area (TPSA) is 64.6 Å². The second kappa shape index (κ2) is 36.4. The molecule has 0 radical (unpaired) electrons. The van der Waals surface area contributed by atoms with Crippen LogP contribution in [0.4, 0.5) is 0 Å². The Labute approximate surface area is 275 Å². The quantitative estimate of drug-likeness (QED) is 0.0555. The zero-order valence-electron chi connectivity index (χ0n) is 30.0. The molecule has 1 N–H and O–H groups in total. The van der Waals surface area contributed by atoms with Gasteiger partial charge in [0, 0.05) is 12.8 Å². The second-order valence-electron chi connectivity index (χ2n) is 13.3. The maximum atomic E-state index is 12.1. The number of esters is 2. The molecular weight excluding hydrogens is 546 g/mol. The fraction of sp³-hybridized carbons (Fsp3) is 0.949.